The predicted octanol–water partition coefficient (Wildman–Crippen LogP) is 4.70. The summed E-state index contributed by atoms with van der Waals surface area (Å²) < 4.78 is 19.3. The average molecular weight is 336 g/mol. The quantitative estimate of drug-likeness (QED) is 0.877. The number of anilines is 1. The van der Waals surface area contributed by atoms with Crippen LogP contribution < -0.4 is 10.1 Å². The van der Waals surface area contributed by atoms with E-state index < -0.39 is 0 Å². The summed E-state index contributed by atoms with van der Waals surface area (Å²) in [5, 5.41) is 3.40. The molecule has 0 aliphatic heterocycles. The molecule has 104 valence electrons. The molecule has 1 aliphatic rings. The summed E-state index contributed by atoms with van der Waals surface area (Å²) in [7, 11) is 1.67. The maximum Gasteiger partial charge on any atom is 0.139 e. The first kappa shape index (κ1) is 13.4. The molecule has 0 radical (unpaired) electrons. The summed E-state index contributed by atoms with van der Waals surface area (Å²) >= 11 is 3.17. The molecule has 20 heavy (non-hydrogen) atoms. The third-order valence-corrected chi connectivity index (χ3v) is 4.33. The lowest BCUT2D eigenvalue weighted by Gasteiger charge is -2.16. The molecular weight excluding hydrogens is 321 g/mol. The van der Waals surface area contributed by atoms with Crippen molar-refractivity contribution < 1.29 is 9.13 Å². The van der Waals surface area contributed by atoms with Gasteiger partial charge in [-0.3, -0.25) is 0 Å². The molecule has 0 amide bonds. The molecule has 1 atom stereocenters. The van der Waals surface area contributed by atoms with E-state index in [0.717, 1.165) is 24.3 Å². The van der Waals surface area contributed by atoms with E-state index in [0.29, 0.717) is 4.47 Å². The van der Waals surface area contributed by atoms with Gasteiger partial charge in [0.1, 0.15) is 11.6 Å². The maximum atomic E-state index is 13.6. The number of aryl methyl sites for hydroxylation is 1. The Hall–Kier alpha value is -1.55. The van der Waals surface area contributed by atoms with Crippen molar-refractivity contribution in [3.05, 3.63) is 57.8 Å². The second-order valence-electron chi connectivity index (χ2n) is 4.93. The van der Waals surface area contributed by atoms with Crippen molar-refractivity contribution in [2.24, 2.45) is 0 Å². The molecule has 2 aromatic carbocycles. The average Bonchev–Trinajstić information content (AvgIpc) is 2.85. The highest BCUT2D eigenvalue weighted by molar-refractivity contribution is 9.10. The predicted molar refractivity (Wildman–Crippen MR) is 81.8 cm³/mol. The Kier molecular flexibility index (Phi) is 3.66. The fraction of sp³-hybridized carbons (Fsp3) is 0.250. The van der Waals surface area contributed by atoms with Crippen molar-refractivity contribution in [2.45, 2.75) is 18.9 Å². The Balaban J connectivity index is 1.85. The van der Waals surface area contributed by atoms with Crippen molar-refractivity contribution in [3.63, 3.8) is 0 Å². The second kappa shape index (κ2) is 5.44. The van der Waals surface area contributed by atoms with Crippen molar-refractivity contribution in [1.29, 1.82) is 0 Å². The van der Waals surface area contributed by atoms with Crippen molar-refractivity contribution in [3.8, 4) is 5.75 Å². The zero-order valence-electron chi connectivity index (χ0n) is 11.1. The molecule has 1 unspecified atom stereocenters. The van der Waals surface area contributed by atoms with Crippen LogP contribution in [0.5, 0.6) is 5.75 Å². The molecule has 4 heteroatoms. The summed E-state index contributed by atoms with van der Waals surface area (Å²) in [6.07, 6.45) is 2.05. The minimum atomic E-state index is -0.251. The lowest BCUT2D eigenvalue weighted by atomic mass is 10.1. The van der Waals surface area contributed by atoms with Gasteiger partial charge in [0.2, 0.25) is 0 Å². The Labute approximate surface area is 126 Å². The highest BCUT2D eigenvalue weighted by Crippen LogP contribution is 2.36. The molecule has 3 rings (SSSR count). The van der Waals surface area contributed by atoms with Gasteiger partial charge >= 0.3 is 0 Å². The van der Waals surface area contributed by atoms with Crippen LogP contribution in [0.2, 0.25) is 0 Å². The highest BCUT2D eigenvalue weighted by Gasteiger charge is 2.23. The number of hydrogen-bond donors (Lipinski definition) is 1. The minimum absolute atomic E-state index is 0.209. The zero-order chi connectivity index (χ0) is 14.1. The number of methoxy groups -OCH3 is 1. The monoisotopic (exact) mass is 335 g/mol. The summed E-state index contributed by atoms with van der Waals surface area (Å²) in [5.74, 6) is 0.610. The molecule has 2 aromatic rings. The Morgan fingerprint density at radius 3 is 2.85 bits per heavy atom. The normalized spacial score (nSPS) is 16.9. The van der Waals surface area contributed by atoms with Gasteiger partial charge in [-0.1, -0.05) is 6.07 Å². The van der Waals surface area contributed by atoms with Crippen molar-refractivity contribution >= 4 is 21.6 Å². The fourth-order valence-corrected chi connectivity index (χ4v) is 2.89. The lowest BCUT2D eigenvalue weighted by molar-refractivity contribution is 0.414. The van der Waals surface area contributed by atoms with E-state index in [1.54, 1.807) is 13.2 Å². The summed E-state index contributed by atoms with van der Waals surface area (Å²) in [4.78, 5) is 0. The van der Waals surface area contributed by atoms with Crippen molar-refractivity contribution in [2.75, 3.05) is 12.4 Å². The molecule has 2 nitrogen and oxygen atoms in total. The van der Waals surface area contributed by atoms with Gasteiger partial charge in [0, 0.05) is 5.69 Å². The van der Waals surface area contributed by atoms with Crippen LogP contribution >= 0.6 is 15.9 Å². The SMILES string of the molecule is COc1ccc2c(c1)C(Nc1ccc(Br)c(F)c1)CC2. The first-order valence-corrected chi connectivity index (χ1v) is 7.35. The second-order valence-corrected chi connectivity index (χ2v) is 5.78. The fourth-order valence-electron chi connectivity index (χ4n) is 2.64. The van der Waals surface area contributed by atoms with Gasteiger partial charge in [0.05, 0.1) is 17.6 Å². The van der Waals surface area contributed by atoms with Crippen LogP contribution in [0.3, 0.4) is 0 Å². The Bertz CT molecular complexity index is 644. The topological polar surface area (TPSA) is 21.3 Å². The van der Waals surface area contributed by atoms with Gasteiger partial charge in [-0.25, -0.2) is 4.39 Å². The van der Waals surface area contributed by atoms with E-state index >= 15 is 0 Å². The van der Waals surface area contributed by atoms with Crippen LogP contribution in [-0.4, -0.2) is 7.11 Å². The summed E-state index contributed by atoms with van der Waals surface area (Å²) in [5.41, 5.74) is 3.37. The third-order valence-electron chi connectivity index (χ3n) is 3.69. The zero-order valence-corrected chi connectivity index (χ0v) is 12.7. The van der Waals surface area contributed by atoms with Gasteiger partial charge < -0.3 is 10.1 Å². The summed E-state index contributed by atoms with van der Waals surface area (Å²) in [6.45, 7) is 0. The van der Waals surface area contributed by atoms with Crippen LogP contribution in [0, 0.1) is 5.82 Å². The van der Waals surface area contributed by atoms with E-state index in [4.69, 9.17) is 4.74 Å². The lowest BCUT2D eigenvalue weighted by Crippen LogP contribution is -2.07. The van der Waals surface area contributed by atoms with Gasteiger partial charge in [0.15, 0.2) is 0 Å². The smallest absolute Gasteiger partial charge is 0.139 e. The molecule has 0 saturated heterocycles. The Morgan fingerprint density at radius 1 is 1.25 bits per heavy atom. The van der Waals surface area contributed by atoms with Gasteiger partial charge in [-0.2, -0.15) is 0 Å². The Morgan fingerprint density at radius 2 is 2.10 bits per heavy atom. The van der Waals surface area contributed by atoms with Crippen LogP contribution in [0.1, 0.15) is 23.6 Å². The van der Waals surface area contributed by atoms with Crippen LogP contribution in [-0.2, 0) is 6.42 Å². The van der Waals surface area contributed by atoms with E-state index in [-0.39, 0.29) is 11.9 Å². The molecule has 0 aromatic heterocycles. The minimum Gasteiger partial charge on any atom is -0.497 e. The van der Waals surface area contributed by atoms with E-state index in [9.17, 15) is 4.39 Å². The number of nitrogens with one attached hydrogen (secondary N) is 1. The van der Waals surface area contributed by atoms with E-state index in [1.807, 2.05) is 12.1 Å². The molecule has 0 saturated carbocycles. The molecular formula is C16H15BrFNO. The standard InChI is InChI=1S/C16H15BrFNO/c1-20-12-5-2-10-3-7-16(13(10)9-12)19-11-4-6-14(17)15(18)8-11/h2,4-6,8-9,16,19H,3,7H2,1H3. The van der Waals surface area contributed by atoms with E-state index in [2.05, 4.69) is 33.4 Å². The number of fused-ring (bicyclic) bond motifs is 1. The third kappa shape index (κ3) is 2.52. The van der Waals surface area contributed by atoms with Gasteiger partial charge in [-0.15, -0.1) is 0 Å². The molecule has 0 bridgehead atoms. The molecule has 1 N–H and O–H groups in total. The number of halogens is 2. The van der Waals surface area contributed by atoms with Crippen molar-refractivity contribution in [1.82, 2.24) is 0 Å². The molecule has 0 fully saturated rings. The summed E-state index contributed by atoms with van der Waals surface area (Å²) in [6, 6.07) is 11.5. The number of hydrogen-bond acceptors (Lipinski definition) is 2. The molecule has 0 spiro atoms. The van der Waals surface area contributed by atoms with E-state index in [1.165, 1.54) is 17.2 Å². The largest absolute Gasteiger partial charge is 0.497 e. The van der Waals surface area contributed by atoms with Gasteiger partial charge in [-0.05, 0) is 70.2 Å². The van der Waals surface area contributed by atoms with Crippen LogP contribution in [0.15, 0.2) is 40.9 Å². The molecule has 0 heterocycles. The number of ether oxygens (including phenoxy) is 1. The first-order valence-electron chi connectivity index (χ1n) is 6.56. The number of benzene rings is 2. The molecule has 1 aliphatic carbocycles. The highest BCUT2D eigenvalue weighted by atomic mass is 79.9. The van der Waals surface area contributed by atoms with Crippen LogP contribution in [0.25, 0.3) is 0 Å². The van der Waals surface area contributed by atoms with Crippen LogP contribution in [0.4, 0.5) is 10.1 Å². The first-order chi connectivity index (χ1) is 9.67. The number of rotatable bonds is 3. The van der Waals surface area contributed by atoms with Gasteiger partial charge in [0.25, 0.3) is 0 Å². The maximum absolute atomic E-state index is 13.6.